The molecule has 0 bridgehead atoms. The Kier molecular flexibility index (Phi) is 9.05. The molecule has 6 heteroatoms. The summed E-state index contributed by atoms with van der Waals surface area (Å²) in [5.74, 6) is 7.36. The van der Waals surface area contributed by atoms with Gasteiger partial charge in [-0.2, -0.15) is 0 Å². The zero-order valence-electron chi connectivity index (χ0n) is 19.2. The average Bonchev–Trinajstić information content (AvgIpc) is 3.31. The Morgan fingerprint density at radius 1 is 1.19 bits per heavy atom. The molecule has 2 aliphatic rings. The minimum Gasteiger partial charge on any atom is -0.0264 e. The van der Waals surface area contributed by atoms with Crippen molar-refractivity contribution in [2.24, 2.45) is 15.0 Å². The summed E-state index contributed by atoms with van der Waals surface area (Å²) in [5, 5.41) is 0. The second kappa shape index (κ2) is 12.2. The third-order valence-corrected chi connectivity index (χ3v) is 10.5. The molecule has 4 rings (SSSR count). The molecule has 1 aliphatic carbocycles. The normalized spacial score (nSPS) is 19.3. The molecule has 1 atom stereocenters. The van der Waals surface area contributed by atoms with Crippen molar-refractivity contribution in [1.82, 2.24) is 9.99 Å². The molecule has 32 heavy (non-hydrogen) atoms. The van der Waals surface area contributed by atoms with Crippen molar-refractivity contribution in [3.8, 4) is 0 Å². The number of nitrogens with zero attached hydrogens (tertiary/aromatic N) is 2. The number of hydrogen-bond donors (Lipinski definition) is 2. The Morgan fingerprint density at radius 2 is 2.09 bits per heavy atom. The van der Waals surface area contributed by atoms with Crippen molar-refractivity contribution < 1.29 is 0 Å². The Bertz CT molecular complexity index is 951. The number of hydrazine groups is 1. The van der Waals surface area contributed by atoms with E-state index < -0.39 is 20.1 Å². The third-order valence-electron chi connectivity index (χ3n) is 6.16. The van der Waals surface area contributed by atoms with Crippen LogP contribution in [0.2, 0.25) is 0 Å². The van der Waals surface area contributed by atoms with Crippen LogP contribution in [0.5, 0.6) is 0 Å². The van der Waals surface area contributed by atoms with Gasteiger partial charge in [0.1, 0.15) is 0 Å². The fourth-order valence-electron chi connectivity index (χ4n) is 4.21. The maximum atomic E-state index is 5.72. The van der Waals surface area contributed by atoms with Gasteiger partial charge in [0.25, 0.3) is 0 Å². The van der Waals surface area contributed by atoms with Crippen LogP contribution in [-0.2, 0) is 12.8 Å². The van der Waals surface area contributed by atoms with E-state index in [0.29, 0.717) is 0 Å². The van der Waals surface area contributed by atoms with Gasteiger partial charge in [0, 0.05) is 0 Å². The first-order chi connectivity index (χ1) is 15.8. The number of aryl methyl sites for hydroxylation is 2. The van der Waals surface area contributed by atoms with E-state index in [1.54, 1.807) is 0 Å². The second-order valence-corrected chi connectivity index (χ2v) is 15.0. The molecule has 4 nitrogen and oxygen atoms in total. The Hall–Kier alpha value is -1.38. The molecule has 0 aromatic carbocycles. The fraction of sp³-hybridized carbons (Fsp3) is 0.500. The van der Waals surface area contributed by atoms with Crippen molar-refractivity contribution in [2.45, 2.75) is 64.7 Å². The number of allylic oxidation sites excluding steroid dienone is 4. The molecule has 1 saturated heterocycles. The molecule has 0 amide bonds. The number of alkyl halides is 2. The summed E-state index contributed by atoms with van der Waals surface area (Å²) < 4.78 is 9.91. The molecule has 2 aromatic heterocycles. The van der Waals surface area contributed by atoms with Gasteiger partial charge in [-0.15, -0.1) is 0 Å². The average molecular weight is 565 g/mol. The third kappa shape index (κ3) is 6.81. The molecule has 2 aromatic rings. The van der Waals surface area contributed by atoms with Gasteiger partial charge >= 0.3 is 148 Å². The molecule has 0 spiro atoms. The summed E-state index contributed by atoms with van der Waals surface area (Å²) in [7, 11) is 0. The molecule has 174 valence electrons. The first kappa shape index (κ1) is 23.8. The number of nitrogens with two attached hydrogens (primary N) is 1. The first-order valence-corrected chi connectivity index (χ1v) is 16.9. The van der Waals surface area contributed by atoms with Crippen molar-refractivity contribution in [2.75, 3.05) is 8.86 Å². The molecule has 0 saturated carbocycles. The van der Waals surface area contributed by atoms with Gasteiger partial charge in [0.05, 0.1) is 0 Å². The Labute approximate surface area is 204 Å². The topological polar surface area (TPSA) is 55.3 Å². The molecule has 1 unspecified atom stereocenters. The van der Waals surface area contributed by atoms with Crippen molar-refractivity contribution in [3.05, 3.63) is 64.1 Å². The van der Waals surface area contributed by atoms with Crippen LogP contribution in [0.1, 0.15) is 67.3 Å². The van der Waals surface area contributed by atoms with Gasteiger partial charge < -0.3 is 0 Å². The zero-order valence-corrected chi connectivity index (χ0v) is 22.2. The quantitative estimate of drug-likeness (QED) is 0.0570. The van der Waals surface area contributed by atoms with Crippen LogP contribution >= 0.6 is 31.4 Å². The molecular formula is C26H37IN4S. The van der Waals surface area contributed by atoms with E-state index in [9.17, 15) is 0 Å². The smallest absolute Gasteiger partial charge is 0.0264 e. The molecule has 1 fully saturated rings. The van der Waals surface area contributed by atoms with Crippen molar-refractivity contribution >= 4 is 43.0 Å². The SMILES string of the molecule is CCCCCCC1C=CC(n2cccc2CCCc2ccc(C(=NI3CC3)NN)s2)=CC1. The van der Waals surface area contributed by atoms with E-state index in [2.05, 4.69) is 65.6 Å². The summed E-state index contributed by atoms with van der Waals surface area (Å²) in [6.07, 6.45) is 20.7. The molecule has 3 N–H and O–H groups in total. The second-order valence-electron chi connectivity index (χ2n) is 8.71. The minimum atomic E-state index is -0.971. The number of unbranched alkanes of at least 4 members (excludes halogenated alkanes) is 3. The molecule has 3 heterocycles. The summed E-state index contributed by atoms with van der Waals surface area (Å²) in [6.45, 7) is 2.28. The van der Waals surface area contributed by atoms with Gasteiger partial charge in [-0.3, -0.25) is 0 Å². The van der Waals surface area contributed by atoms with Crippen molar-refractivity contribution in [3.63, 3.8) is 0 Å². The number of amidine groups is 1. The summed E-state index contributed by atoms with van der Waals surface area (Å²) in [4.78, 5) is 2.61. The van der Waals surface area contributed by atoms with Gasteiger partial charge in [-0.1, -0.05) is 38.7 Å². The van der Waals surface area contributed by atoms with E-state index in [1.807, 2.05) is 11.3 Å². The van der Waals surface area contributed by atoms with Crippen LogP contribution in [0.4, 0.5) is 0 Å². The summed E-state index contributed by atoms with van der Waals surface area (Å²) in [6, 6.07) is 8.88. The van der Waals surface area contributed by atoms with E-state index in [4.69, 9.17) is 9.05 Å². The summed E-state index contributed by atoms with van der Waals surface area (Å²) in [5.41, 5.74) is 5.58. The van der Waals surface area contributed by atoms with E-state index in [-0.39, 0.29) is 0 Å². The number of nitrogens with one attached hydrogen (secondary N) is 1. The number of aromatic nitrogens is 1. The van der Waals surface area contributed by atoms with Gasteiger partial charge in [-0.05, 0) is 18.8 Å². The minimum absolute atomic E-state index is 0.724. The van der Waals surface area contributed by atoms with Crippen molar-refractivity contribution in [1.29, 1.82) is 0 Å². The molecule has 0 radical (unpaired) electrons. The Balaban J connectivity index is 1.26. The van der Waals surface area contributed by atoms with Gasteiger partial charge in [0.2, 0.25) is 0 Å². The first-order valence-electron chi connectivity index (χ1n) is 12.1. The number of halogens is 1. The fourth-order valence-corrected chi connectivity index (χ4v) is 8.34. The van der Waals surface area contributed by atoms with E-state index >= 15 is 0 Å². The monoisotopic (exact) mass is 564 g/mol. The standard InChI is InChI=1S/C26H37IN4S/c1-2-3-4-5-8-21-12-14-23(15-13-21)31-20-7-10-22(31)9-6-11-24-16-17-25(32-24)26(30-28)29-27-18-19-27/h7,10,12,14-17,20-21H,2-6,8-9,11,13,18-19,28H2,1H3,(H,29,30). The number of hydrogen-bond acceptors (Lipinski definition) is 3. The van der Waals surface area contributed by atoms with Crippen LogP contribution < -0.4 is 11.3 Å². The van der Waals surface area contributed by atoms with E-state index in [1.165, 1.54) is 68.5 Å². The number of rotatable bonds is 12. The predicted octanol–water partition coefficient (Wildman–Crippen LogP) is 6.76. The number of thiophene rings is 1. The van der Waals surface area contributed by atoms with Crippen LogP contribution in [0.25, 0.3) is 5.70 Å². The predicted molar refractivity (Wildman–Crippen MR) is 149 cm³/mol. The van der Waals surface area contributed by atoms with Gasteiger partial charge in [0.15, 0.2) is 0 Å². The van der Waals surface area contributed by atoms with Crippen LogP contribution in [0.15, 0.2) is 51.9 Å². The van der Waals surface area contributed by atoms with Crippen LogP contribution in [0.3, 0.4) is 0 Å². The molecular weight excluding hydrogens is 527 g/mol. The summed E-state index contributed by atoms with van der Waals surface area (Å²) >= 11 is 0.865. The van der Waals surface area contributed by atoms with Gasteiger partial charge in [-0.25, -0.2) is 0 Å². The Morgan fingerprint density at radius 3 is 2.84 bits per heavy atom. The van der Waals surface area contributed by atoms with E-state index in [0.717, 1.165) is 31.0 Å². The maximum absolute atomic E-state index is 5.72. The molecule has 1 aliphatic heterocycles. The van der Waals surface area contributed by atoms with Crippen LogP contribution in [0, 0.1) is 5.92 Å². The van der Waals surface area contributed by atoms with Crippen LogP contribution in [-0.4, -0.2) is 19.3 Å². The zero-order chi connectivity index (χ0) is 22.2.